The number of amides is 1. The number of carbonyl (C=O) groups is 1. The van der Waals surface area contributed by atoms with E-state index in [9.17, 15) is 9.18 Å². The molecule has 24 heavy (non-hydrogen) atoms. The highest BCUT2D eigenvalue weighted by atomic mass is 32.1. The van der Waals surface area contributed by atoms with Gasteiger partial charge in [0.05, 0.1) is 41.6 Å². The average molecular weight is 346 g/mol. The normalized spacial score (nSPS) is 22.5. The Hall–Kier alpha value is -1.89. The molecule has 0 bridgehead atoms. The summed E-state index contributed by atoms with van der Waals surface area (Å²) in [6.45, 7) is 2.55. The van der Waals surface area contributed by atoms with Crippen molar-refractivity contribution in [3.63, 3.8) is 0 Å². The summed E-state index contributed by atoms with van der Waals surface area (Å²) in [5.74, 6) is 0.0864. The van der Waals surface area contributed by atoms with Crippen molar-refractivity contribution in [3.05, 3.63) is 36.2 Å². The highest BCUT2D eigenvalue weighted by Gasteiger charge is 2.44. The third-order valence-electron chi connectivity index (χ3n) is 4.59. The molecule has 2 aromatic rings. The Bertz CT molecular complexity index is 789. The van der Waals surface area contributed by atoms with Gasteiger partial charge in [0, 0.05) is 23.8 Å². The van der Waals surface area contributed by atoms with Crippen LogP contribution in [0.25, 0.3) is 5.69 Å². The van der Waals surface area contributed by atoms with E-state index in [2.05, 4.69) is 22.7 Å². The van der Waals surface area contributed by atoms with Crippen LogP contribution in [0.5, 0.6) is 0 Å². The first-order valence-electron chi connectivity index (χ1n) is 8.28. The third kappa shape index (κ3) is 2.81. The summed E-state index contributed by atoms with van der Waals surface area (Å²) < 4.78 is 15.1. The topological polar surface area (TPSA) is 51.0 Å². The van der Waals surface area contributed by atoms with Crippen LogP contribution in [-0.2, 0) is 4.79 Å². The summed E-state index contributed by atoms with van der Waals surface area (Å²) in [5, 5.41) is 4.80. The molecule has 2 aliphatic rings. The first-order chi connectivity index (χ1) is 11.6. The lowest BCUT2D eigenvalue weighted by Crippen LogP contribution is -2.33. The van der Waals surface area contributed by atoms with Crippen LogP contribution in [0, 0.1) is 11.7 Å². The van der Waals surface area contributed by atoms with Crippen LogP contribution in [0.4, 0.5) is 10.1 Å². The molecule has 0 spiro atoms. The van der Waals surface area contributed by atoms with Crippen molar-refractivity contribution in [2.24, 2.45) is 5.92 Å². The maximum atomic E-state index is 13.5. The zero-order chi connectivity index (χ0) is 16.8. The van der Waals surface area contributed by atoms with Crippen molar-refractivity contribution in [1.82, 2.24) is 14.8 Å². The molecule has 0 N–H and O–H groups in total. The number of pyridine rings is 1. The van der Waals surface area contributed by atoms with Gasteiger partial charge in [0.1, 0.15) is 5.82 Å². The van der Waals surface area contributed by atoms with Crippen LogP contribution in [-0.4, -0.2) is 32.5 Å². The number of nitrogens with zero attached hydrogens (tertiary/aromatic N) is 4. The van der Waals surface area contributed by atoms with Crippen molar-refractivity contribution < 1.29 is 9.18 Å². The molecular weight excluding hydrogens is 327 g/mol. The quantitative estimate of drug-likeness (QED) is 0.847. The molecule has 0 aliphatic heterocycles. The highest BCUT2D eigenvalue weighted by Crippen LogP contribution is 2.45. The van der Waals surface area contributed by atoms with Crippen molar-refractivity contribution >= 4 is 24.2 Å². The lowest BCUT2D eigenvalue weighted by molar-refractivity contribution is -0.119. The third-order valence-corrected chi connectivity index (χ3v) is 5.16. The van der Waals surface area contributed by atoms with Crippen LogP contribution < -0.4 is 4.90 Å². The van der Waals surface area contributed by atoms with Gasteiger partial charge in [0.15, 0.2) is 0 Å². The molecule has 126 valence electrons. The summed E-state index contributed by atoms with van der Waals surface area (Å²) in [5.41, 5.74) is 2.32. The second kappa shape index (κ2) is 5.88. The fourth-order valence-electron chi connectivity index (χ4n) is 2.98. The summed E-state index contributed by atoms with van der Waals surface area (Å²) in [6, 6.07) is 1.39. The van der Waals surface area contributed by atoms with Gasteiger partial charge in [0.25, 0.3) is 0 Å². The van der Waals surface area contributed by atoms with Crippen LogP contribution in [0.1, 0.15) is 37.8 Å². The van der Waals surface area contributed by atoms with Gasteiger partial charge in [-0.3, -0.25) is 9.78 Å². The predicted octanol–water partition coefficient (Wildman–Crippen LogP) is 2.96. The fraction of sp³-hybridized carbons (Fsp3) is 0.471. The molecule has 7 heteroatoms. The van der Waals surface area contributed by atoms with Crippen molar-refractivity contribution in [3.8, 4) is 5.69 Å². The Morgan fingerprint density at radius 2 is 2.21 bits per heavy atom. The molecular formula is C17H19FN4OS. The molecule has 0 saturated heterocycles. The standard InChI is InChI=1S/C17H19FN4OS/c1-2-21(17(23)13-6-15(13)24)14-9-22(20-16(14)10-3-4-10)12-5-11(18)7-19-8-12/h5,7-10,13,15,24H,2-4,6H2,1H3. The molecule has 1 amide bonds. The van der Waals surface area contributed by atoms with Crippen molar-refractivity contribution in [2.45, 2.75) is 37.4 Å². The number of hydrogen-bond acceptors (Lipinski definition) is 4. The van der Waals surface area contributed by atoms with Crippen LogP contribution >= 0.6 is 12.6 Å². The van der Waals surface area contributed by atoms with Gasteiger partial charge in [0.2, 0.25) is 5.91 Å². The monoisotopic (exact) mass is 346 g/mol. The van der Waals surface area contributed by atoms with E-state index in [1.165, 1.54) is 6.07 Å². The molecule has 2 fully saturated rings. The number of carbonyl (C=O) groups excluding carboxylic acids is 1. The summed E-state index contributed by atoms with van der Waals surface area (Å²) in [6.07, 6.45) is 7.54. The van der Waals surface area contributed by atoms with Crippen molar-refractivity contribution in [1.29, 1.82) is 0 Å². The van der Waals surface area contributed by atoms with Crippen LogP contribution in [0.3, 0.4) is 0 Å². The smallest absolute Gasteiger partial charge is 0.231 e. The van der Waals surface area contributed by atoms with Crippen LogP contribution in [0.15, 0.2) is 24.7 Å². The summed E-state index contributed by atoms with van der Waals surface area (Å²) in [4.78, 5) is 18.4. The van der Waals surface area contributed by atoms with E-state index in [0.717, 1.165) is 36.8 Å². The van der Waals surface area contributed by atoms with E-state index < -0.39 is 5.82 Å². The molecule has 2 heterocycles. The zero-order valence-corrected chi connectivity index (χ0v) is 14.3. The number of thiol groups is 1. The molecule has 2 unspecified atom stereocenters. The first kappa shape index (κ1) is 15.6. The zero-order valence-electron chi connectivity index (χ0n) is 13.4. The summed E-state index contributed by atoms with van der Waals surface area (Å²) >= 11 is 4.39. The van der Waals surface area contributed by atoms with E-state index in [-0.39, 0.29) is 17.1 Å². The van der Waals surface area contributed by atoms with Crippen LogP contribution in [0.2, 0.25) is 0 Å². The van der Waals surface area contributed by atoms with E-state index in [1.54, 1.807) is 15.8 Å². The van der Waals surface area contributed by atoms with Gasteiger partial charge in [-0.05, 0) is 26.2 Å². The maximum absolute atomic E-state index is 13.5. The van der Waals surface area contributed by atoms with E-state index >= 15 is 0 Å². The Balaban J connectivity index is 1.72. The van der Waals surface area contributed by atoms with Crippen molar-refractivity contribution in [2.75, 3.05) is 11.4 Å². The highest BCUT2D eigenvalue weighted by molar-refractivity contribution is 7.81. The minimum absolute atomic E-state index is 0.000442. The minimum Gasteiger partial charge on any atom is -0.309 e. The number of halogens is 1. The maximum Gasteiger partial charge on any atom is 0.231 e. The largest absolute Gasteiger partial charge is 0.309 e. The lowest BCUT2D eigenvalue weighted by atomic mass is 10.2. The van der Waals surface area contributed by atoms with Gasteiger partial charge in [-0.25, -0.2) is 9.07 Å². The molecule has 5 nitrogen and oxygen atoms in total. The molecule has 2 saturated carbocycles. The Labute approximate surface area is 145 Å². The number of anilines is 1. The fourth-order valence-corrected chi connectivity index (χ4v) is 3.34. The number of rotatable bonds is 5. The van der Waals surface area contributed by atoms with E-state index in [1.807, 2.05) is 13.1 Å². The number of aromatic nitrogens is 3. The molecule has 0 aromatic carbocycles. The molecule has 2 aromatic heterocycles. The second-order valence-electron chi connectivity index (χ2n) is 6.47. The molecule has 4 rings (SSSR count). The number of hydrogen-bond donors (Lipinski definition) is 1. The first-order valence-corrected chi connectivity index (χ1v) is 8.80. The molecule has 2 atom stereocenters. The lowest BCUT2D eigenvalue weighted by Gasteiger charge is -2.20. The second-order valence-corrected chi connectivity index (χ2v) is 7.14. The van der Waals surface area contributed by atoms with E-state index in [4.69, 9.17) is 0 Å². The Morgan fingerprint density at radius 1 is 1.46 bits per heavy atom. The Kier molecular flexibility index (Phi) is 3.83. The van der Waals surface area contributed by atoms with Gasteiger partial charge < -0.3 is 4.90 Å². The molecule has 2 aliphatic carbocycles. The molecule has 0 radical (unpaired) electrons. The average Bonchev–Trinajstić information content (AvgIpc) is 3.48. The minimum atomic E-state index is -0.406. The summed E-state index contributed by atoms with van der Waals surface area (Å²) in [7, 11) is 0. The van der Waals surface area contributed by atoms with Gasteiger partial charge in [-0.15, -0.1) is 0 Å². The van der Waals surface area contributed by atoms with Gasteiger partial charge in [-0.2, -0.15) is 17.7 Å². The SMILES string of the molecule is CCN(C(=O)C1CC1S)c1cn(-c2cncc(F)c2)nc1C1CC1. The van der Waals surface area contributed by atoms with E-state index in [0.29, 0.717) is 18.2 Å². The Morgan fingerprint density at radius 3 is 2.79 bits per heavy atom. The predicted molar refractivity (Wildman–Crippen MR) is 92.2 cm³/mol. The van der Waals surface area contributed by atoms with Gasteiger partial charge in [-0.1, -0.05) is 0 Å². The van der Waals surface area contributed by atoms with Gasteiger partial charge >= 0.3 is 0 Å².